The van der Waals surface area contributed by atoms with E-state index in [9.17, 15) is 13.2 Å². The molecule has 2 aliphatic rings. The van der Waals surface area contributed by atoms with Crippen molar-refractivity contribution in [2.45, 2.75) is 43.9 Å². The van der Waals surface area contributed by atoms with Crippen molar-refractivity contribution in [2.24, 2.45) is 5.92 Å². The molecule has 1 amide bonds. The molecule has 27 heavy (non-hydrogen) atoms. The van der Waals surface area contributed by atoms with Gasteiger partial charge in [0.25, 0.3) is 0 Å². The monoisotopic (exact) mass is 393 g/mol. The average Bonchev–Trinajstić information content (AvgIpc) is 3.19. The summed E-state index contributed by atoms with van der Waals surface area (Å²) in [5.74, 6) is -0.272. The van der Waals surface area contributed by atoms with E-state index in [4.69, 9.17) is 0 Å². The number of aryl methyl sites for hydroxylation is 1. The highest BCUT2D eigenvalue weighted by Gasteiger charge is 2.33. The summed E-state index contributed by atoms with van der Waals surface area (Å²) in [6, 6.07) is 6.90. The van der Waals surface area contributed by atoms with Crippen LogP contribution < -0.4 is 5.32 Å². The van der Waals surface area contributed by atoms with Crippen LogP contribution in [-0.2, 0) is 14.8 Å². The number of piperidine rings is 1. The molecule has 1 aromatic rings. The Morgan fingerprint density at radius 3 is 2.52 bits per heavy atom. The van der Waals surface area contributed by atoms with Crippen molar-refractivity contribution in [3.63, 3.8) is 0 Å². The summed E-state index contributed by atoms with van der Waals surface area (Å²) in [6.07, 6.45) is 4.97. The van der Waals surface area contributed by atoms with Crippen molar-refractivity contribution >= 4 is 15.9 Å². The second kappa shape index (κ2) is 9.17. The van der Waals surface area contributed by atoms with Crippen LogP contribution in [0, 0.1) is 12.8 Å². The first kappa shape index (κ1) is 20.3. The second-order valence-corrected chi connectivity index (χ2v) is 9.65. The molecular formula is C20H31N3O3S. The number of nitrogens with zero attached hydrogens (tertiary/aromatic N) is 2. The van der Waals surface area contributed by atoms with Gasteiger partial charge in [-0.1, -0.05) is 17.7 Å². The molecule has 3 rings (SSSR count). The van der Waals surface area contributed by atoms with E-state index < -0.39 is 10.0 Å². The molecule has 0 aliphatic carbocycles. The summed E-state index contributed by atoms with van der Waals surface area (Å²) in [5.41, 5.74) is 1.03. The van der Waals surface area contributed by atoms with E-state index in [1.54, 1.807) is 24.3 Å². The number of likely N-dealkylation sites (tertiary alicyclic amines) is 1. The third-order valence-corrected chi connectivity index (χ3v) is 7.44. The quantitative estimate of drug-likeness (QED) is 0.720. The summed E-state index contributed by atoms with van der Waals surface area (Å²) < 4.78 is 27.2. The molecule has 2 aliphatic heterocycles. The van der Waals surface area contributed by atoms with Gasteiger partial charge in [0.2, 0.25) is 15.9 Å². The predicted octanol–water partition coefficient (Wildman–Crippen LogP) is 2.00. The third-order valence-electron chi connectivity index (χ3n) is 5.56. The molecule has 1 unspecified atom stereocenters. The highest BCUT2D eigenvalue weighted by Crippen LogP contribution is 2.24. The number of carbonyl (C=O) groups excluding carboxylic acids is 1. The van der Waals surface area contributed by atoms with Gasteiger partial charge in [0.15, 0.2) is 0 Å². The minimum absolute atomic E-state index is 0.0137. The summed E-state index contributed by atoms with van der Waals surface area (Å²) in [7, 11) is -3.53. The normalized spacial score (nSPS) is 22.0. The Hall–Kier alpha value is -1.44. The summed E-state index contributed by atoms with van der Waals surface area (Å²) >= 11 is 0. The highest BCUT2D eigenvalue weighted by atomic mass is 32.2. The third kappa shape index (κ3) is 5.30. The molecule has 150 valence electrons. The van der Waals surface area contributed by atoms with Crippen molar-refractivity contribution < 1.29 is 13.2 Å². The van der Waals surface area contributed by atoms with Gasteiger partial charge < -0.3 is 10.2 Å². The van der Waals surface area contributed by atoms with E-state index in [1.165, 1.54) is 30.2 Å². The van der Waals surface area contributed by atoms with Crippen LogP contribution in [-0.4, -0.2) is 62.8 Å². The molecule has 7 heteroatoms. The molecule has 0 bridgehead atoms. The van der Waals surface area contributed by atoms with Crippen molar-refractivity contribution in [2.75, 3.05) is 39.3 Å². The minimum Gasteiger partial charge on any atom is -0.356 e. The summed E-state index contributed by atoms with van der Waals surface area (Å²) in [5, 5.41) is 3.01. The Kier molecular flexibility index (Phi) is 6.89. The zero-order valence-electron chi connectivity index (χ0n) is 16.2. The van der Waals surface area contributed by atoms with Crippen LogP contribution >= 0.6 is 0 Å². The SMILES string of the molecule is Cc1ccc(S(=O)(=O)N2CCCC(C(=O)NCCCN3CCCC3)C2)cc1. The lowest BCUT2D eigenvalue weighted by molar-refractivity contribution is -0.126. The Labute approximate surface area is 163 Å². The first-order valence-electron chi connectivity index (χ1n) is 10.0. The van der Waals surface area contributed by atoms with Gasteiger partial charge >= 0.3 is 0 Å². The molecule has 2 fully saturated rings. The zero-order valence-corrected chi connectivity index (χ0v) is 17.0. The standard InChI is InChI=1S/C20H31N3O3S/c1-17-7-9-19(10-8-17)27(25,26)23-15-4-6-18(16-23)20(24)21-11-5-14-22-12-2-3-13-22/h7-10,18H,2-6,11-16H2,1H3,(H,21,24). The number of sulfonamides is 1. The van der Waals surface area contributed by atoms with Gasteiger partial charge in [-0.15, -0.1) is 0 Å². The van der Waals surface area contributed by atoms with Gasteiger partial charge in [0.1, 0.15) is 0 Å². The Morgan fingerprint density at radius 1 is 1.11 bits per heavy atom. The maximum atomic E-state index is 12.9. The van der Waals surface area contributed by atoms with E-state index in [0.29, 0.717) is 18.0 Å². The smallest absolute Gasteiger partial charge is 0.243 e. The molecule has 2 heterocycles. The van der Waals surface area contributed by atoms with E-state index >= 15 is 0 Å². The fourth-order valence-electron chi connectivity index (χ4n) is 3.90. The van der Waals surface area contributed by atoms with Crippen LogP contribution in [0.5, 0.6) is 0 Å². The topological polar surface area (TPSA) is 69.7 Å². The molecule has 1 atom stereocenters. The number of hydrogen-bond acceptors (Lipinski definition) is 4. The molecule has 0 aromatic heterocycles. The Morgan fingerprint density at radius 2 is 1.81 bits per heavy atom. The largest absolute Gasteiger partial charge is 0.356 e. The number of carbonyl (C=O) groups is 1. The Balaban J connectivity index is 1.50. The van der Waals surface area contributed by atoms with Gasteiger partial charge in [-0.05, 0) is 70.8 Å². The van der Waals surface area contributed by atoms with Crippen molar-refractivity contribution in [1.82, 2.24) is 14.5 Å². The lowest BCUT2D eigenvalue weighted by Gasteiger charge is -2.31. The molecule has 6 nitrogen and oxygen atoms in total. The number of benzene rings is 1. The molecular weight excluding hydrogens is 362 g/mol. The average molecular weight is 394 g/mol. The van der Waals surface area contributed by atoms with Crippen LogP contribution in [0.1, 0.15) is 37.7 Å². The minimum atomic E-state index is -3.53. The van der Waals surface area contributed by atoms with Crippen LogP contribution in [0.3, 0.4) is 0 Å². The van der Waals surface area contributed by atoms with Crippen LogP contribution in [0.15, 0.2) is 29.2 Å². The number of rotatable bonds is 7. The summed E-state index contributed by atoms with van der Waals surface area (Å²) in [4.78, 5) is 15.2. The van der Waals surface area contributed by atoms with E-state index in [1.807, 2.05) is 6.92 Å². The van der Waals surface area contributed by atoms with Gasteiger partial charge in [0, 0.05) is 19.6 Å². The lowest BCUT2D eigenvalue weighted by atomic mass is 9.99. The maximum Gasteiger partial charge on any atom is 0.243 e. The van der Waals surface area contributed by atoms with Gasteiger partial charge in [-0.2, -0.15) is 4.31 Å². The lowest BCUT2D eigenvalue weighted by Crippen LogP contribution is -2.45. The van der Waals surface area contributed by atoms with Crippen LogP contribution in [0.25, 0.3) is 0 Å². The molecule has 2 saturated heterocycles. The van der Waals surface area contributed by atoms with Crippen molar-refractivity contribution in [1.29, 1.82) is 0 Å². The fourth-order valence-corrected chi connectivity index (χ4v) is 5.42. The first-order chi connectivity index (χ1) is 13.0. The number of hydrogen-bond donors (Lipinski definition) is 1. The second-order valence-electron chi connectivity index (χ2n) is 7.71. The molecule has 0 saturated carbocycles. The van der Waals surface area contributed by atoms with Gasteiger partial charge in [-0.3, -0.25) is 4.79 Å². The molecule has 1 N–H and O–H groups in total. The van der Waals surface area contributed by atoms with Crippen molar-refractivity contribution in [3.05, 3.63) is 29.8 Å². The first-order valence-corrected chi connectivity index (χ1v) is 11.5. The Bertz CT molecular complexity index is 727. The van der Waals surface area contributed by atoms with E-state index in [2.05, 4.69) is 10.2 Å². The van der Waals surface area contributed by atoms with Crippen LogP contribution in [0.2, 0.25) is 0 Å². The predicted molar refractivity (Wildman–Crippen MR) is 106 cm³/mol. The maximum absolute atomic E-state index is 12.9. The van der Waals surface area contributed by atoms with E-state index in [-0.39, 0.29) is 18.4 Å². The van der Waals surface area contributed by atoms with Gasteiger partial charge in [0.05, 0.1) is 10.8 Å². The zero-order chi connectivity index (χ0) is 19.3. The molecule has 0 spiro atoms. The van der Waals surface area contributed by atoms with Crippen LogP contribution in [0.4, 0.5) is 0 Å². The van der Waals surface area contributed by atoms with Crippen molar-refractivity contribution in [3.8, 4) is 0 Å². The van der Waals surface area contributed by atoms with Gasteiger partial charge in [-0.25, -0.2) is 8.42 Å². The fraction of sp³-hybridized carbons (Fsp3) is 0.650. The summed E-state index contributed by atoms with van der Waals surface area (Å²) in [6.45, 7) is 6.71. The van der Waals surface area contributed by atoms with E-state index in [0.717, 1.165) is 31.4 Å². The molecule has 1 aromatic carbocycles. The molecule has 0 radical (unpaired) electrons. The highest BCUT2D eigenvalue weighted by molar-refractivity contribution is 7.89. The number of amides is 1. The number of nitrogens with one attached hydrogen (secondary N) is 1.